The van der Waals surface area contributed by atoms with Crippen molar-refractivity contribution in [3.63, 3.8) is 0 Å². The van der Waals surface area contributed by atoms with Crippen LogP contribution in [0.4, 0.5) is 8.78 Å². The molecule has 1 aliphatic rings. The van der Waals surface area contributed by atoms with Gasteiger partial charge in [-0.25, -0.2) is 14.2 Å². The van der Waals surface area contributed by atoms with E-state index in [1.54, 1.807) is 0 Å². The van der Waals surface area contributed by atoms with Crippen molar-refractivity contribution in [3.8, 4) is 0 Å². The molecule has 1 saturated heterocycles. The molecular formula is C13H15F2N3OS. The first-order chi connectivity index (χ1) is 9.65. The molecule has 1 heterocycles. The van der Waals surface area contributed by atoms with Crippen molar-refractivity contribution in [2.75, 3.05) is 31.1 Å². The number of carbonyl (C=O) groups excluding carboxylic acids is 1. The van der Waals surface area contributed by atoms with E-state index in [2.05, 4.69) is 10.5 Å². The van der Waals surface area contributed by atoms with Crippen LogP contribution in [-0.2, 0) is 4.79 Å². The summed E-state index contributed by atoms with van der Waals surface area (Å²) < 4.78 is 26.0. The highest BCUT2D eigenvalue weighted by molar-refractivity contribution is 7.99. The molecule has 0 spiro atoms. The predicted octanol–water partition coefficient (Wildman–Crippen LogP) is 1.46. The van der Waals surface area contributed by atoms with E-state index < -0.39 is 11.6 Å². The van der Waals surface area contributed by atoms with Gasteiger partial charge in [0.2, 0.25) is 0 Å². The smallest absolute Gasteiger partial charge is 0.254 e. The Hall–Kier alpha value is -1.47. The Bertz CT molecular complexity index is 504. The van der Waals surface area contributed by atoms with Crippen LogP contribution >= 0.6 is 11.8 Å². The summed E-state index contributed by atoms with van der Waals surface area (Å²) in [6.07, 6.45) is 1.17. The molecule has 1 fully saturated rings. The lowest BCUT2D eigenvalue weighted by Gasteiger charge is -2.24. The lowest BCUT2D eigenvalue weighted by molar-refractivity contribution is -0.122. The van der Waals surface area contributed by atoms with Gasteiger partial charge in [0.1, 0.15) is 11.6 Å². The SMILES string of the molecule is O=C(CN1CCSCC1)N/N=C/c1ccc(F)cc1F. The fraction of sp³-hybridized carbons (Fsp3) is 0.385. The molecule has 0 saturated carbocycles. The lowest BCUT2D eigenvalue weighted by Crippen LogP contribution is -2.40. The van der Waals surface area contributed by atoms with Crippen LogP contribution in [0.3, 0.4) is 0 Å². The summed E-state index contributed by atoms with van der Waals surface area (Å²) >= 11 is 1.87. The van der Waals surface area contributed by atoms with Gasteiger partial charge in [-0.2, -0.15) is 16.9 Å². The predicted molar refractivity (Wildman–Crippen MR) is 75.9 cm³/mol. The summed E-state index contributed by atoms with van der Waals surface area (Å²) in [6, 6.07) is 3.18. The molecule has 0 bridgehead atoms. The van der Waals surface area contributed by atoms with Crippen LogP contribution in [0.5, 0.6) is 0 Å². The van der Waals surface area contributed by atoms with Crippen LogP contribution in [0.1, 0.15) is 5.56 Å². The quantitative estimate of drug-likeness (QED) is 0.676. The second kappa shape index (κ2) is 7.35. The molecule has 108 valence electrons. The highest BCUT2D eigenvalue weighted by Crippen LogP contribution is 2.08. The maximum Gasteiger partial charge on any atom is 0.254 e. The maximum absolute atomic E-state index is 13.3. The molecular weight excluding hydrogens is 284 g/mol. The van der Waals surface area contributed by atoms with Gasteiger partial charge in [0, 0.05) is 36.2 Å². The minimum atomic E-state index is -0.712. The average molecular weight is 299 g/mol. The van der Waals surface area contributed by atoms with Crippen molar-refractivity contribution in [3.05, 3.63) is 35.4 Å². The number of rotatable bonds is 4. The Morgan fingerprint density at radius 3 is 2.85 bits per heavy atom. The number of nitrogens with zero attached hydrogens (tertiary/aromatic N) is 2. The van der Waals surface area contributed by atoms with E-state index in [-0.39, 0.29) is 18.0 Å². The van der Waals surface area contributed by atoms with Gasteiger partial charge in [-0.15, -0.1) is 0 Å². The molecule has 1 aromatic carbocycles. The zero-order valence-corrected chi connectivity index (χ0v) is 11.6. The molecule has 1 amide bonds. The molecule has 0 radical (unpaired) electrons. The van der Waals surface area contributed by atoms with Gasteiger partial charge in [-0.3, -0.25) is 9.69 Å². The number of amides is 1. The van der Waals surface area contributed by atoms with Gasteiger partial charge in [0.15, 0.2) is 0 Å². The molecule has 1 aromatic rings. The number of benzene rings is 1. The third-order valence-electron chi connectivity index (χ3n) is 2.83. The van der Waals surface area contributed by atoms with Crippen LogP contribution in [0, 0.1) is 11.6 Å². The van der Waals surface area contributed by atoms with Crippen molar-refractivity contribution < 1.29 is 13.6 Å². The average Bonchev–Trinajstić information content (AvgIpc) is 2.42. The van der Waals surface area contributed by atoms with E-state index >= 15 is 0 Å². The first kappa shape index (κ1) is 14.9. The first-order valence-corrected chi connectivity index (χ1v) is 7.37. The van der Waals surface area contributed by atoms with Gasteiger partial charge in [-0.1, -0.05) is 0 Å². The van der Waals surface area contributed by atoms with Crippen LogP contribution in [0.25, 0.3) is 0 Å². The van der Waals surface area contributed by atoms with Gasteiger partial charge in [-0.05, 0) is 12.1 Å². The highest BCUT2D eigenvalue weighted by Gasteiger charge is 2.13. The number of thioether (sulfide) groups is 1. The molecule has 0 aromatic heterocycles. The molecule has 4 nitrogen and oxygen atoms in total. The molecule has 1 aliphatic heterocycles. The van der Waals surface area contributed by atoms with Crippen molar-refractivity contribution in [1.82, 2.24) is 10.3 Å². The van der Waals surface area contributed by atoms with E-state index in [1.165, 1.54) is 12.3 Å². The normalized spacial score (nSPS) is 16.5. The Balaban J connectivity index is 1.81. The largest absolute Gasteiger partial charge is 0.293 e. The number of hydrogen-bond donors (Lipinski definition) is 1. The summed E-state index contributed by atoms with van der Waals surface area (Å²) in [5.41, 5.74) is 2.47. The van der Waals surface area contributed by atoms with Crippen molar-refractivity contribution >= 4 is 23.9 Å². The Kier molecular flexibility index (Phi) is 5.49. The van der Waals surface area contributed by atoms with Gasteiger partial charge < -0.3 is 0 Å². The van der Waals surface area contributed by atoms with Crippen molar-refractivity contribution in [2.45, 2.75) is 0 Å². The molecule has 2 rings (SSSR count). The fourth-order valence-electron chi connectivity index (χ4n) is 1.78. The molecule has 0 aliphatic carbocycles. The minimum absolute atomic E-state index is 0.126. The Morgan fingerprint density at radius 1 is 1.40 bits per heavy atom. The monoisotopic (exact) mass is 299 g/mol. The van der Waals surface area contributed by atoms with Gasteiger partial charge in [0.05, 0.1) is 12.8 Å². The third kappa shape index (κ3) is 4.57. The van der Waals surface area contributed by atoms with Crippen molar-refractivity contribution in [1.29, 1.82) is 0 Å². The van der Waals surface area contributed by atoms with Crippen LogP contribution < -0.4 is 5.43 Å². The second-order valence-corrected chi connectivity index (χ2v) is 5.57. The number of halogens is 2. The Morgan fingerprint density at radius 2 is 2.15 bits per heavy atom. The lowest BCUT2D eigenvalue weighted by atomic mass is 10.2. The summed E-state index contributed by atoms with van der Waals surface area (Å²) in [5.74, 6) is 0.452. The minimum Gasteiger partial charge on any atom is -0.293 e. The summed E-state index contributed by atoms with van der Waals surface area (Å²) in [5, 5.41) is 3.68. The molecule has 0 unspecified atom stereocenters. The molecule has 1 N–H and O–H groups in total. The number of nitrogens with one attached hydrogen (secondary N) is 1. The van der Waals surface area contributed by atoms with Gasteiger partial charge in [0.25, 0.3) is 5.91 Å². The van der Waals surface area contributed by atoms with Crippen LogP contribution in [-0.4, -0.2) is 48.2 Å². The molecule has 0 atom stereocenters. The standard InChI is InChI=1S/C13H15F2N3OS/c14-11-2-1-10(12(15)7-11)8-16-17-13(19)9-18-3-5-20-6-4-18/h1-2,7-8H,3-6,9H2,(H,17,19)/b16-8+. The van der Waals surface area contributed by atoms with E-state index in [1.807, 2.05) is 16.7 Å². The van der Waals surface area contributed by atoms with Crippen molar-refractivity contribution in [2.24, 2.45) is 5.10 Å². The summed E-state index contributed by atoms with van der Waals surface area (Å²) in [4.78, 5) is 13.7. The summed E-state index contributed by atoms with van der Waals surface area (Å²) in [6.45, 7) is 2.05. The second-order valence-electron chi connectivity index (χ2n) is 4.35. The summed E-state index contributed by atoms with van der Waals surface area (Å²) in [7, 11) is 0. The van der Waals surface area contributed by atoms with E-state index in [9.17, 15) is 13.6 Å². The maximum atomic E-state index is 13.3. The molecule has 20 heavy (non-hydrogen) atoms. The van der Waals surface area contributed by atoms with Crippen LogP contribution in [0.15, 0.2) is 23.3 Å². The van der Waals surface area contributed by atoms with E-state index in [4.69, 9.17) is 0 Å². The Labute approximate surface area is 120 Å². The van der Waals surface area contributed by atoms with E-state index in [0.717, 1.165) is 36.7 Å². The first-order valence-electron chi connectivity index (χ1n) is 6.22. The van der Waals surface area contributed by atoms with Gasteiger partial charge >= 0.3 is 0 Å². The fourth-order valence-corrected chi connectivity index (χ4v) is 2.76. The third-order valence-corrected chi connectivity index (χ3v) is 3.77. The van der Waals surface area contributed by atoms with Crippen LogP contribution in [0.2, 0.25) is 0 Å². The topological polar surface area (TPSA) is 44.7 Å². The zero-order chi connectivity index (χ0) is 14.4. The number of hydrazone groups is 1. The van der Waals surface area contributed by atoms with E-state index in [0.29, 0.717) is 0 Å². The molecule has 7 heteroatoms. The highest BCUT2D eigenvalue weighted by atomic mass is 32.2. The number of hydrogen-bond acceptors (Lipinski definition) is 4. The zero-order valence-electron chi connectivity index (χ0n) is 10.8. The number of carbonyl (C=O) groups is 1.